The van der Waals surface area contributed by atoms with Gasteiger partial charge in [-0.25, -0.2) is 5.43 Å². The van der Waals surface area contributed by atoms with Crippen LogP contribution in [0.2, 0.25) is 0 Å². The SMILES string of the molecule is O=C(N/N=C\c1ccc(O)cc1)c1ccc(CNc2ccccc2)cc1. The molecule has 26 heavy (non-hydrogen) atoms. The van der Waals surface area contributed by atoms with Crippen LogP contribution in [0.15, 0.2) is 84.0 Å². The normalized spacial score (nSPS) is 10.6. The topological polar surface area (TPSA) is 73.7 Å². The van der Waals surface area contributed by atoms with Crippen LogP contribution in [0, 0.1) is 0 Å². The number of hydrogen-bond acceptors (Lipinski definition) is 4. The number of carbonyl (C=O) groups excluding carboxylic acids is 1. The Balaban J connectivity index is 1.52. The van der Waals surface area contributed by atoms with Crippen LogP contribution in [0.4, 0.5) is 5.69 Å². The van der Waals surface area contributed by atoms with Crippen molar-refractivity contribution in [2.24, 2.45) is 5.10 Å². The molecule has 0 bridgehead atoms. The first-order chi connectivity index (χ1) is 12.7. The van der Waals surface area contributed by atoms with Crippen molar-refractivity contribution in [1.82, 2.24) is 5.43 Å². The zero-order chi connectivity index (χ0) is 18.2. The van der Waals surface area contributed by atoms with Crippen LogP contribution in [-0.2, 0) is 6.54 Å². The Kier molecular flexibility index (Phi) is 5.62. The zero-order valence-electron chi connectivity index (χ0n) is 14.1. The van der Waals surface area contributed by atoms with Crippen molar-refractivity contribution >= 4 is 17.8 Å². The van der Waals surface area contributed by atoms with E-state index >= 15 is 0 Å². The van der Waals surface area contributed by atoms with Crippen LogP contribution < -0.4 is 10.7 Å². The molecule has 0 fully saturated rings. The third-order valence-electron chi connectivity index (χ3n) is 3.76. The van der Waals surface area contributed by atoms with Gasteiger partial charge in [0.15, 0.2) is 0 Å². The van der Waals surface area contributed by atoms with Crippen molar-refractivity contribution < 1.29 is 9.90 Å². The lowest BCUT2D eigenvalue weighted by molar-refractivity contribution is 0.0955. The maximum absolute atomic E-state index is 12.1. The molecule has 3 rings (SSSR count). The highest BCUT2D eigenvalue weighted by Crippen LogP contribution is 2.10. The number of nitrogens with zero attached hydrogens (tertiary/aromatic N) is 1. The molecule has 0 saturated carbocycles. The first-order valence-electron chi connectivity index (χ1n) is 8.21. The van der Waals surface area contributed by atoms with Gasteiger partial charge in [-0.3, -0.25) is 4.79 Å². The van der Waals surface area contributed by atoms with Crippen LogP contribution in [0.1, 0.15) is 21.5 Å². The number of anilines is 1. The standard InChI is InChI=1S/C21H19N3O2/c25-20-12-8-17(9-13-20)15-23-24-21(26)18-10-6-16(7-11-18)14-22-19-4-2-1-3-5-19/h1-13,15,22,25H,14H2,(H,24,26)/b23-15-. The summed E-state index contributed by atoms with van der Waals surface area (Å²) in [7, 11) is 0. The maximum atomic E-state index is 12.1. The Morgan fingerprint density at radius 3 is 2.31 bits per heavy atom. The average molecular weight is 345 g/mol. The third kappa shape index (κ3) is 4.95. The quantitative estimate of drug-likeness (QED) is 0.470. The molecule has 3 aromatic carbocycles. The highest BCUT2D eigenvalue weighted by Gasteiger charge is 2.04. The van der Waals surface area contributed by atoms with Crippen LogP contribution >= 0.6 is 0 Å². The largest absolute Gasteiger partial charge is 0.508 e. The number of hydrogen-bond donors (Lipinski definition) is 3. The van der Waals surface area contributed by atoms with Crippen LogP contribution in [-0.4, -0.2) is 17.2 Å². The number of nitrogens with one attached hydrogen (secondary N) is 2. The lowest BCUT2D eigenvalue weighted by Crippen LogP contribution is -2.17. The van der Waals surface area contributed by atoms with E-state index in [-0.39, 0.29) is 11.7 Å². The lowest BCUT2D eigenvalue weighted by Gasteiger charge is -2.07. The molecule has 3 N–H and O–H groups in total. The summed E-state index contributed by atoms with van der Waals surface area (Å²) in [6.45, 7) is 0.685. The molecule has 0 aliphatic carbocycles. The van der Waals surface area contributed by atoms with Gasteiger partial charge in [-0.1, -0.05) is 30.3 Å². The average Bonchev–Trinajstić information content (AvgIpc) is 2.69. The lowest BCUT2D eigenvalue weighted by atomic mass is 10.1. The number of benzene rings is 3. The molecule has 0 aliphatic rings. The molecule has 130 valence electrons. The summed E-state index contributed by atoms with van der Waals surface area (Å²) in [6.07, 6.45) is 1.52. The van der Waals surface area contributed by atoms with Crippen LogP contribution in [0.25, 0.3) is 0 Å². The van der Waals surface area contributed by atoms with Crippen molar-refractivity contribution in [3.8, 4) is 5.75 Å². The Bertz CT molecular complexity index is 873. The summed E-state index contributed by atoms with van der Waals surface area (Å²) in [6, 6.07) is 23.9. The molecule has 0 radical (unpaired) electrons. The van der Waals surface area contributed by atoms with E-state index in [0.717, 1.165) is 16.8 Å². The Morgan fingerprint density at radius 1 is 0.923 bits per heavy atom. The van der Waals surface area contributed by atoms with Gasteiger partial charge in [0, 0.05) is 17.8 Å². The predicted octanol–water partition coefficient (Wildman–Crippen LogP) is 3.77. The van der Waals surface area contributed by atoms with Crippen molar-refractivity contribution in [2.75, 3.05) is 5.32 Å². The van der Waals surface area contributed by atoms with Crippen molar-refractivity contribution in [2.45, 2.75) is 6.54 Å². The summed E-state index contributed by atoms with van der Waals surface area (Å²) in [4.78, 5) is 12.1. The Morgan fingerprint density at radius 2 is 1.62 bits per heavy atom. The number of hydrazone groups is 1. The Hall–Kier alpha value is -3.60. The molecule has 0 saturated heterocycles. The van der Waals surface area contributed by atoms with Crippen LogP contribution in [0.3, 0.4) is 0 Å². The van der Waals surface area contributed by atoms with E-state index in [0.29, 0.717) is 12.1 Å². The molecule has 0 spiro atoms. The van der Waals surface area contributed by atoms with Crippen molar-refractivity contribution in [1.29, 1.82) is 0 Å². The fourth-order valence-corrected chi connectivity index (χ4v) is 2.32. The van der Waals surface area contributed by atoms with Crippen molar-refractivity contribution in [3.63, 3.8) is 0 Å². The van der Waals surface area contributed by atoms with Gasteiger partial charge in [0.25, 0.3) is 5.91 Å². The third-order valence-corrected chi connectivity index (χ3v) is 3.76. The predicted molar refractivity (Wildman–Crippen MR) is 103 cm³/mol. The summed E-state index contributed by atoms with van der Waals surface area (Å²) in [5.74, 6) is -0.0874. The van der Waals surface area contributed by atoms with Gasteiger partial charge in [-0.05, 0) is 59.7 Å². The minimum absolute atomic E-state index is 0.188. The molecule has 5 heteroatoms. The number of para-hydroxylation sites is 1. The van der Waals surface area contributed by atoms with E-state index in [2.05, 4.69) is 15.8 Å². The molecular formula is C21H19N3O2. The summed E-state index contributed by atoms with van der Waals surface area (Å²) in [5, 5.41) is 16.5. The smallest absolute Gasteiger partial charge is 0.271 e. The zero-order valence-corrected chi connectivity index (χ0v) is 14.1. The molecule has 0 unspecified atom stereocenters. The fraction of sp³-hybridized carbons (Fsp3) is 0.0476. The minimum atomic E-state index is -0.275. The summed E-state index contributed by atoms with van der Waals surface area (Å²) in [5.41, 5.74) is 5.95. The first-order valence-corrected chi connectivity index (χ1v) is 8.21. The second-order valence-electron chi connectivity index (χ2n) is 5.71. The van der Waals surface area contributed by atoms with Gasteiger partial charge in [0.05, 0.1) is 6.21 Å². The number of aromatic hydroxyl groups is 1. The molecule has 0 atom stereocenters. The highest BCUT2D eigenvalue weighted by molar-refractivity contribution is 5.94. The van der Waals surface area contributed by atoms with Gasteiger partial charge in [0.2, 0.25) is 0 Å². The Labute approximate surface area is 152 Å². The van der Waals surface area contributed by atoms with E-state index in [4.69, 9.17) is 0 Å². The first kappa shape index (κ1) is 17.2. The fourth-order valence-electron chi connectivity index (χ4n) is 2.32. The number of carbonyl (C=O) groups is 1. The van der Waals surface area contributed by atoms with E-state index in [1.165, 1.54) is 6.21 Å². The molecule has 5 nitrogen and oxygen atoms in total. The highest BCUT2D eigenvalue weighted by atomic mass is 16.3. The van der Waals surface area contributed by atoms with E-state index in [1.807, 2.05) is 42.5 Å². The molecule has 3 aromatic rings. The summed E-state index contributed by atoms with van der Waals surface area (Å²) >= 11 is 0. The molecule has 0 heterocycles. The number of amides is 1. The van der Waals surface area contributed by atoms with Gasteiger partial charge >= 0.3 is 0 Å². The van der Waals surface area contributed by atoms with E-state index in [1.54, 1.807) is 36.4 Å². The van der Waals surface area contributed by atoms with E-state index < -0.39 is 0 Å². The second kappa shape index (κ2) is 8.48. The van der Waals surface area contributed by atoms with Gasteiger partial charge in [0.1, 0.15) is 5.75 Å². The maximum Gasteiger partial charge on any atom is 0.271 e. The molecule has 0 aromatic heterocycles. The van der Waals surface area contributed by atoms with Crippen molar-refractivity contribution in [3.05, 3.63) is 95.6 Å². The van der Waals surface area contributed by atoms with Crippen LogP contribution in [0.5, 0.6) is 5.75 Å². The van der Waals surface area contributed by atoms with Gasteiger partial charge in [-0.15, -0.1) is 0 Å². The van der Waals surface area contributed by atoms with Gasteiger partial charge in [-0.2, -0.15) is 5.10 Å². The second-order valence-corrected chi connectivity index (χ2v) is 5.71. The molecule has 0 aliphatic heterocycles. The van der Waals surface area contributed by atoms with E-state index in [9.17, 15) is 9.90 Å². The van der Waals surface area contributed by atoms with Gasteiger partial charge < -0.3 is 10.4 Å². The summed E-state index contributed by atoms with van der Waals surface area (Å²) < 4.78 is 0. The minimum Gasteiger partial charge on any atom is -0.508 e. The molecular weight excluding hydrogens is 326 g/mol. The number of phenolic OH excluding ortho intramolecular Hbond substituents is 1. The number of rotatable bonds is 6. The monoisotopic (exact) mass is 345 g/mol. The molecule has 1 amide bonds. The number of phenols is 1.